The lowest BCUT2D eigenvalue weighted by Gasteiger charge is -2.26. The van der Waals surface area contributed by atoms with E-state index in [9.17, 15) is 4.79 Å². The zero-order valence-corrected chi connectivity index (χ0v) is 14.0. The highest BCUT2D eigenvalue weighted by atomic mass is 16.6. The Hall–Kier alpha value is -1.28. The van der Waals surface area contributed by atoms with Crippen LogP contribution in [0.2, 0.25) is 0 Å². The van der Waals surface area contributed by atoms with Crippen LogP contribution >= 0.6 is 0 Å². The van der Waals surface area contributed by atoms with Crippen LogP contribution < -0.4 is 10.6 Å². The number of rotatable bonds is 5. The first kappa shape index (κ1) is 17.8. The summed E-state index contributed by atoms with van der Waals surface area (Å²) in [5.74, 6) is 0.409. The van der Waals surface area contributed by atoms with E-state index in [1.165, 1.54) is 0 Å². The highest BCUT2D eigenvalue weighted by molar-refractivity contribution is 5.67. The summed E-state index contributed by atoms with van der Waals surface area (Å²) >= 11 is 0. The summed E-state index contributed by atoms with van der Waals surface area (Å²) in [6.07, 6.45) is 3.00. The Morgan fingerprint density at radius 1 is 1.29 bits per heavy atom. The van der Waals surface area contributed by atoms with Crippen LogP contribution in [0.5, 0.6) is 0 Å². The van der Waals surface area contributed by atoms with Gasteiger partial charge in [0, 0.05) is 19.1 Å². The van der Waals surface area contributed by atoms with Crippen LogP contribution in [0.25, 0.3) is 0 Å². The molecule has 120 valence electrons. The van der Waals surface area contributed by atoms with Gasteiger partial charge in [0.15, 0.2) is 0 Å². The number of nitrogens with zero attached hydrogens (tertiary/aromatic N) is 1. The average molecular weight is 295 g/mol. The molecule has 0 aromatic heterocycles. The maximum absolute atomic E-state index is 11.7. The van der Waals surface area contributed by atoms with Gasteiger partial charge in [0.25, 0.3) is 0 Å². The lowest BCUT2D eigenvalue weighted by molar-refractivity contribution is 0.0517. The summed E-state index contributed by atoms with van der Waals surface area (Å²) in [5, 5.41) is 15.4. The molecule has 1 saturated carbocycles. The summed E-state index contributed by atoms with van der Waals surface area (Å²) in [6.45, 7) is 10.7. The van der Waals surface area contributed by atoms with Gasteiger partial charge in [-0.3, -0.25) is 0 Å². The van der Waals surface area contributed by atoms with E-state index < -0.39 is 5.60 Å². The molecule has 5 heteroatoms. The number of ether oxygens (including phenoxy) is 1. The van der Waals surface area contributed by atoms with Gasteiger partial charge in [-0.05, 0) is 53.4 Å². The number of amides is 1. The number of nitriles is 1. The minimum atomic E-state index is -0.464. The van der Waals surface area contributed by atoms with E-state index in [4.69, 9.17) is 10.00 Å². The fraction of sp³-hybridized carbons (Fsp3) is 0.875. The monoisotopic (exact) mass is 295 g/mol. The Bertz CT molecular complexity index is 393. The molecular weight excluding hydrogens is 266 g/mol. The quantitative estimate of drug-likeness (QED) is 0.818. The highest BCUT2D eigenvalue weighted by Gasteiger charge is 2.29. The summed E-state index contributed by atoms with van der Waals surface area (Å²) in [4.78, 5) is 11.7. The molecule has 1 amide bonds. The third-order valence-corrected chi connectivity index (χ3v) is 3.68. The van der Waals surface area contributed by atoms with Crippen molar-refractivity contribution in [3.8, 4) is 6.07 Å². The van der Waals surface area contributed by atoms with Gasteiger partial charge in [0.1, 0.15) is 5.60 Å². The topological polar surface area (TPSA) is 74.2 Å². The van der Waals surface area contributed by atoms with Crippen LogP contribution in [-0.2, 0) is 4.74 Å². The second kappa shape index (κ2) is 7.13. The van der Waals surface area contributed by atoms with Crippen molar-refractivity contribution < 1.29 is 9.53 Å². The maximum atomic E-state index is 11.7. The van der Waals surface area contributed by atoms with Gasteiger partial charge in [-0.2, -0.15) is 5.26 Å². The fourth-order valence-electron chi connectivity index (χ4n) is 2.50. The average Bonchev–Trinajstić information content (AvgIpc) is 2.79. The lowest BCUT2D eigenvalue weighted by Crippen LogP contribution is -2.43. The predicted molar refractivity (Wildman–Crippen MR) is 82.8 cm³/mol. The molecule has 2 N–H and O–H groups in total. The molecule has 0 aliphatic heterocycles. The predicted octanol–water partition coefficient (Wildman–Crippen LogP) is 2.82. The van der Waals surface area contributed by atoms with E-state index in [0.29, 0.717) is 25.0 Å². The molecule has 0 aromatic carbocycles. The molecule has 2 unspecified atom stereocenters. The van der Waals surface area contributed by atoms with Crippen molar-refractivity contribution in [3.63, 3.8) is 0 Å². The molecule has 1 aliphatic rings. The molecule has 0 bridgehead atoms. The number of nitrogens with one attached hydrogen (secondary N) is 2. The normalized spacial score (nSPS) is 22.7. The number of carbonyl (C=O) groups excluding carboxylic acids is 1. The summed E-state index contributed by atoms with van der Waals surface area (Å²) in [6, 6.07) is 2.67. The van der Waals surface area contributed by atoms with Crippen LogP contribution in [0.15, 0.2) is 0 Å². The van der Waals surface area contributed by atoms with E-state index in [0.717, 1.165) is 19.3 Å². The molecule has 21 heavy (non-hydrogen) atoms. The molecule has 0 radical (unpaired) electrons. The van der Waals surface area contributed by atoms with Gasteiger partial charge in [-0.1, -0.05) is 6.42 Å². The molecule has 1 aliphatic carbocycles. The lowest BCUT2D eigenvalue weighted by atomic mass is 9.94. The minimum absolute atomic E-state index is 0.355. The molecule has 0 spiro atoms. The molecular formula is C16H29N3O2. The molecule has 1 fully saturated rings. The van der Waals surface area contributed by atoms with E-state index in [1.54, 1.807) is 0 Å². The summed E-state index contributed by atoms with van der Waals surface area (Å²) in [5.41, 5.74) is -0.819. The SMILES string of the molecule is CC(C)(C#N)CNC1CCCC1CNC(=O)OC(C)(C)C. The fourth-order valence-corrected chi connectivity index (χ4v) is 2.50. The first-order valence-electron chi connectivity index (χ1n) is 7.74. The molecule has 5 nitrogen and oxygen atoms in total. The largest absolute Gasteiger partial charge is 0.444 e. The summed E-state index contributed by atoms with van der Waals surface area (Å²) < 4.78 is 5.25. The molecule has 0 aromatic rings. The smallest absolute Gasteiger partial charge is 0.407 e. The Morgan fingerprint density at radius 2 is 1.95 bits per heavy atom. The van der Waals surface area contributed by atoms with Crippen LogP contribution in [0.1, 0.15) is 53.9 Å². The molecule has 0 heterocycles. The molecule has 0 saturated heterocycles. The Labute approximate surface area is 128 Å². The second-order valence-electron chi connectivity index (χ2n) is 7.56. The first-order valence-corrected chi connectivity index (χ1v) is 7.74. The number of hydrogen-bond donors (Lipinski definition) is 2. The Kier molecular flexibility index (Phi) is 6.03. The van der Waals surface area contributed by atoms with Crippen molar-refractivity contribution >= 4 is 6.09 Å². The molecule has 1 rings (SSSR count). The van der Waals surface area contributed by atoms with Gasteiger partial charge in [0.2, 0.25) is 0 Å². The van der Waals surface area contributed by atoms with Gasteiger partial charge in [-0.25, -0.2) is 4.79 Å². The van der Waals surface area contributed by atoms with Crippen LogP contribution in [0, 0.1) is 22.7 Å². The summed E-state index contributed by atoms with van der Waals surface area (Å²) in [7, 11) is 0. The molecule has 2 atom stereocenters. The van der Waals surface area contributed by atoms with Crippen molar-refractivity contribution in [2.75, 3.05) is 13.1 Å². The Morgan fingerprint density at radius 3 is 2.52 bits per heavy atom. The number of carbonyl (C=O) groups is 1. The maximum Gasteiger partial charge on any atom is 0.407 e. The van der Waals surface area contributed by atoms with Crippen molar-refractivity contribution in [2.24, 2.45) is 11.3 Å². The van der Waals surface area contributed by atoms with Crippen molar-refractivity contribution in [2.45, 2.75) is 65.5 Å². The van der Waals surface area contributed by atoms with Crippen LogP contribution in [-0.4, -0.2) is 30.8 Å². The Balaban J connectivity index is 2.37. The van der Waals surface area contributed by atoms with E-state index >= 15 is 0 Å². The second-order valence-corrected chi connectivity index (χ2v) is 7.56. The van der Waals surface area contributed by atoms with Gasteiger partial charge in [0.05, 0.1) is 11.5 Å². The van der Waals surface area contributed by atoms with Crippen LogP contribution in [0.3, 0.4) is 0 Å². The van der Waals surface area contributed by atoms with Crippen LogP contribution in [0.4, 0.5) is 4.79 Å². The van der Waals surface area contributed by atoms with E-state index in [1.807, 2.05) is 34.6 Å². The van der Waals surface area contributed by atoms with Gasteiger partial charge < -0.3 is 15.4 Å². The zero-order valence-electron chi connectivity index (χ0n) is 14.0. The van der Waals surface area contributed by atoms with E-state index in [-0.39, 0.29) is 11.5 Å². The van der Waals surface area contributed by atoms with Crippen molar-refractivity contribution in [1.82, 2.24) is 10.6 Å². The minimum Gasteiger partial charge on any atom is -0.444 e. The standard InChI is InChI=1S/C16H29N3O2/c1-15(2,3)21-14(20)18-9-12-7-6-8-13(12)19-11-16(4,5)10-17/h12-13,19H,6-9,11H2,1-5H3,(H,18,20). The van der Waals surface area contributed by atoms with Crippen molar-refractivity contribution in [3.05, 3.63) is 0 Å². The number of alkyl carbamates (subject to hydrolysis) is 1. The first-order chi connectivity index (χ1) is 9.63. The third-order valence-electron chi connectivity index (χ3n) is 3.68. The van der Waals surface area contributed by atoms with E-state index in [2.05, 4.69) is 16.7 Å². The number of hydrogen-bond acceptors (Lipinski definition) is 4. The van der Waals surface area contributed by atoms with Crippen molar-refractivity contribution in [1.29, 1.82) is 5.26 Å². The van der Waals surface area contributed by atoms with Gasteiger partial charge >= 0.3 is 6.09 Å². The highest BCUT2D eigenvalue weighted by Crippen LogP contribution is 2.26. The third kappa shape index (κ3) is 6.81. The zero-order chi connectivity index (χ0) is 16.1. The van der Waals surface area contributed by atoms with Gasteiger partial charge in [-0.15, -0.1) is 0 Å².